The van der Waals surface area contributed by atoms with Crippen molar-refractivity contribution in [1.82, 2.24) is 10.2 Å². The van der Waals surface area contributed by atoms with E-state index >= 15 is 0 Å². The Balaban J connectivity index is 1.72. The van der Waals surface area contributed by atoms with Crippen LogP contribution in [0.1, 0.15) is 5.56 Å². The SMILES string of the molecule is COc1cc2c(cc1OC)C(N)(C(=O)COc1c(OC)cccc1OC)N=C(N1CCNCC1)N2. The van der Waals surface area contributed by atoms with Gasteiger partial charge in [0.15, 0.2) is 29.6 Å². The molecule has 11 nitrogen and oxygen atoms in total. The van der Waals surface area contributed by atoms with E-state index in [9.17, 15) is 4.79 Å². The van der Waals surface area contributed by atoms with Crippen LogP contribution in [0.3, 0.4) is 0 Å². The van der Waals surface area contributed by atoms with Crippen molar-refractivity contribution in [2.45, 2.75) is 5.66 Å². The Morgan fingerprint density at radius 2 is 1.60 bits per heavy atom. The molecule has 11 heteroatoms. The Hall–Kier alpha value is -3.70. The van der Waals surface area contributed by atoms with E-state index in [1.165, 1.54) is 21.3 Å². The Bertz CT molecular complexity index is 1100. The van der Waals surface area contributed by atoms with E-state index in [2.05, 4.69) is 15.5 Å². The van der Waals surface area contributed by atoms with Crippen LogP contribution in [0.15, 0.2) is 35.3 Å². The number of carbonyl (C=O) groups is 1. The quantitative estimate of drug-likeness (QED) is 0.501. The molecule has 0 bridgehead atoms. The zero-order chi connectivity index (χ0) is 25.0. The standard InChI is InChI=1S/C24H31N5O6/c1-31-17-6-5-7-18(32-2)22(17)35-14-21(30)24(25)15-12-19(33-3)20(34-4)13-16(15)27-23(28-24)29-10-8-26-9-11-29/h5-7,12-13,26H,8-11,14,25H2,1-4H3,(H,27,28). The molecule has 4 N–H and O–H groups in total. The minimum Gasteiger partial charge on any atom is -0.493 e. The minimum atomic E-state index is -1.73. The van der Waals surface area contributed by atoms with Gasteiger partial charge in [-0.3, -0.25) is 10.5 Å². The fourth-order valence-electron chi connectivity index (χ4n) is 4.12. The second kappa shape index (κ2) is 10.3. The van der Waals surface area contributed by atoms with Crippen LogP contribution in [0.5, 0.6) is 28.7 Å². The highest BCUT2D eigenvalue weighted by molar-refractivity contribution is 6.03. The van der Waals surface area contributed by atoms with E-state index in [1.807, 2.05) is 0 Å². The zero-order valence-corrected chi connectivity index (χ0v) is 20.3. The Morgan fingerprint density at radius 1 is 1.00 bits per heavy atom. The van der Waals surface area contributed by atoms with Crippen LogP contribution in [0.2, 0.25) is 0 Å². The van der Waals surface area contributed by atoms with Gasteiger partial charge in [0.25, 0.3) is 0 Å². The molecule has 1 atom stereocenters. The third-order valence-corrected chi connectivity index (χ3v) is 6.03. The summed E-state index contributed by atoms with van der Waals surface area (Å²) in [5.41, 5.74) is 6.11. The molecule has 0 amide bonds. The summed E-state index contributed by atoms with van der Waals surface area (Å²) < 4.78 is 27.5. The Morgan fingerprint density at radius 3 is 2.20 bits per heavy atom. The van der Waals surface area contributed by atoms with Gasteiger partial charge in [0.1, 0.15) is 0 Å². The van der Waals surface area contributed by atoms with Crippen LogP contribution < -0.4 is 40.1 Å². The van der Waals surface area contributed by atoms with E-state index in [0.717, 1.165) is 13.1 Å². The lowest BCUT2D eigenvalue weighted by molar-refractivity contribution is -0.126. The molecule has 2 aromatic carbocycles. The number of methoxy groups -OCH3 is 4. The molecule has 2 aliphatic rings. The zero-order valence-electron chi connectivity index (χ0n) is 20.3. The van der Waals surface area contributed by atoms with Crippen LogP contribution in [0.4, 0.5) is 5.69 Å². The van der Waals surface area contributed by atoms with Crippen molar-refractivity contribution in [3.8, 4) is 28.7 Å². The normalized spacial score (nSPS) is 19.1. The van der Waals surface area contributed by atoms with Gasteiger partial charge in [0, 0.05) is 37.8 Å². The summed E-state index contributed by atoms with van der Waals surface area (Å²) in [7, 11) is 6.10. The largest absolute Gasteiger partial charge is 0.493 e. The van der Waals surface area contributed by atoms with Gasteiger partial charge < -0.3 is 39.2 Å². The number of guanidine groups is 1. The summed E-state index contributed by atoms with van der Waals surface area (Å²) in [4.78, 5) is 20.4. The van der Waals surface area contributed by atoms with Crippen molar-refractivity contribution in [1.29, 1.82) is 0 Å². The topological polar surface area (TPSA) is 129 Å². The highest BCUT2D eigenvalue weighted by atomic mass is 16.5. The predicted octanol–water partition coefficient (Wildman–Crippen LogP) is 1.17. The lowest BCUT2D eigenvalue weighted by Crippen LogP contribution is -2.55. The molecule has 1 fully saturated rings. The van der Waals surface area contributed by atoms with Crippen molar-refractivity contribution >= 4 is 17.4 Å². The molecule has 0 aromatic heterocycles. The molecule has 1 unspecified atom stereocenters. The van der Waals surface area contributed by atoms with Gasteiger partial charge in [0.2, 0.25) is 23.2 Å². The molecule has 1 saturated heterocycles. The number of fused-ring (bicyclic) bond motifs is 1. The third-order valence-electron chi connectivity index (χ3n) is 6.03. The van der Waals surface area contributed by atoms with Crippen LogP contribution in [0, 0.1) is 0 Å². The number of carbonyl (C=O) groups excluding carboxylic acids is 1. The van der Waals surface area contributed by atoms with Crippen LogP contribution >= 0.6 is 0 Å². The molecular formula is C24H31N5O6. The van der Waals surface area contributed by atoms with Crippen molar-refractivity contribution in [3.05, 3.63) is 35.9 Å². The van der Waals surface area contributed by atoms with E-state index in [0.29, 0.717) is 59.0 Å². The number of piperazine rings is 1. The third kappa shape index (κ3) is 4.64. The van der Waals surface area contributed by atoms with Crippen LogP contribution in [-0.4, -0.2) is 77.9 Å². The number of para-hydroxylation sites is 1. The van der Waals surface area contributed by atoms with Gasteiger partial charge >= 0.3 is 0 Å². The summed E-state index contributed by atoms with van der Waals surface area (Å²) in [5, 5.41) is 6.62. The minimum absolute atomic E-state index is 0.308. The molecule has 35 heavy (non-hydrogen) atoms. The maximum absolute atomic E-state index is 13.7. The van der Waals surface area contributed by atoms with E-state index < -0.39 is 11.4 Å². The lowest BCUT2D eigenvalue weighted by atomic mass is 9.92. The number of nitrogens with two attached hydrogens (primary N) is 1. The number of nitrogens with one attached hydrogen (secondary N) is 2. The summed E-state index contributed by atoms with van der Waals surface area (Å²) >= 11 is 0. The predicted molar refractivity (Wildman–Crippen MR) is 131 cm³/mol. The molecule has 2 aliphatic heterocycles. The van der Waals surface area contributed by atoms with Gasteiger partial charge in [0.05, 0.1) is 34.1 Å². The van der Waals surface area contributed by atoms with Gasteiger partial charge in [-0.25, -0.2) is 4.99 Å². The number of Topliss-reactive ketones (excluding diaryl/α,β-unsaturated/α-hetero) is 1. The summed E-state index contributed by atoms with van der Waals surface area (Å²) in [5.74, 6) is 2.18. The monoisotopic (exact) mass is 485 g/mol. The molecule has 0 aliphatic carbocycles. The van der Waals surface area contributed by atoms with Gasteiger partial charge in [-0.1, -0.05) is 6.07 Å². The van der Waals surface area contributed by atoms with Gasteiger partial charge in [-0.05, 0) is 18.2 Å². The number of ether oxygens (including phenoxy) is 5. The van der Waals surface area contributed by atoms with Crippen LogP contribution in [-0.2, 0) is 10.5 Å². The van der Waals surface area contributed by atoms with Crippen molar-refractivity contribution in [2.75, 3.05) is 66.5 Å². The molecule has 2 aromatic rings. The maximum Gasteiger partial charge on any atom is 0.216 e. The fourth-order valence-corrected chi connectivity index (χ4v) is 4.12. The number of nitrogens with zero attached hydrogens (tertiary/aromatic N) is 2. The average Bonchev–Trinajstić information content (AvgIpc) is 2.90. The average molecular weight is 486 g/mol. The number of aliphatic imine (C=N–C) groups is 1. The molecule has 0 radical (unpaired) electrons. The summed E-state index contributed by atoms with van der Waals surface area (Å²) in [6.07, 6.45) is 0. The van der Waals surface area contributed by atoms with Crippen LogP contribution in [0.25, 0.3) is 0 Å². The number of anilines is 1. The van der Waals surface area contributed by atoms with Gasteiger partial charge in [-0.15, -0.1) is 0 Å². The first-order valence-electron chi connectivity index (χ1n) is 11.2. The number of ketones is 1. The molecule has 4 rings (SSSR count). The lowest BCUT2D eigenvalue weighted by Gasteiger charge is -2.38. The van der Waals surface area contributed by atoms with Crippen molar-refractivity contribution < 1.29 is 28.5 Å². The summed E-state index contributed by atoms with van der Waals surface area (Å²) in [6.45, 7) is 2.66. The Labute approximate surface area is 204 Å². The first-order chi connectivity index (χ1) is 16.9. The van der Waals surface area contributed by atoms with E-state index in [4.69, 9.17) is 34.4 Å². The smallest absolute Gasteiger partial charge is 0.216 e. The maximum atomic E-state index is 13.7. The highest BCUT2D eigenvalue weighted by Crippen LogP contribution is 2.42. The Kier molecular flexibility index (Phi) is 7.17. The molecule has 0 spiro atoms. The number of hydrogen-bond acceptors (Lipinski definition) is 11. The molecule has 0 saturated carbocycles. The summed E-state index contributed by atoms with van der Waals surface area (Å²) in [6, 6.07) is 8.63. The first kappa shape index (κ1) is 24.4. The van der Waals surface area contributed by atoms with Crippen molar-refractivity contribution in [2.24, 2.45) is 10.7 Å². The first-order valence-corrected chi connectivity index (χ1v) is 11.2. The van der Waals surface area contributed by atoms with E-state index in [-0.39, 0.29) is 6.61 Å². The molecule has 188 valence electrons. The number of hydrogen-bond donors (Lipinski definition) is 3. The fraction of sp³-hybridized carbons (Fsp3) is 0.417. The molecule has 2 heterocycles. The van der Waals surface area contributed by atoms with Crippen molar-refractivity contribution in [3.63, 3.8) is 0 Å². The highest BCUT2D eigenvalue weighted by Gasteiger charge is 2.43. The van der Waals surface area contributed by atoms with E-state index in [1.54, 1.807) is 37.4 Å². The van der Waals surface area contributed by atoms with Gasteiger partial charge in [-0.2, -0.15) is 0 Å². The number of rotatable bonds is 8. The second-order valence-corrected chi connectivity index (χ2v) is 8.02. The second-order valence-electron chi connectivity index (χ2n) is 8.02. The molecular weight excluding hydrogens is 454 g/mol. The number of benzene rings is 2.